The number of hydrogen-bond acceptors (Lipinski definition) is 3. The Hall–Kier alpha value is -2.73. The predicted octanol–water partition coefficient (Wildman–Crippen LogP) is 4.07. The number of ether oxygens (including phenoxy) is 1. The first-order valence-corrected chi connectivity index (χ1v) is 9.53. The highest BCUT2D eigenvalue weighted by atomic mass is 19.1. The van der Waals surface area contributed by atoms with Gasteiger partial charge in [-0.25, -0.2) is 4.39 Å². The second-order valence-corrected chi connectivity index (χ2v) is 7.32. The molecule has 3 rings (SSSR count). The molecule has 0 bridgehead atoms. The van der Waals surface area contributed by atoms with Crippen LogP contribution in [0.3, 0.4) is 0 Å². The van der Waals surface area contributed by atoms with Crippen molar-refractivity contribution in [1.29, 1.82) is 0 Å². The highest BCUT2D eigenvalue weighted by Gasteiger charge is 2.24. The van der Waals surface area contributed by atoms with Gasteiger partial charge in [0, 0.05) is 17.9 Å². The second-order valence-electron chi connectivity index (χ2n) is 7.32. The lowest BCUT2D eigenvalue weighted by molar-refractivity contribution is -0.124. The third-order valence-electron chi connectivity index (χ3n) is 4.80. The number of halogens is 1. The van der Waals surface area contributed by atoms with Gasteiger partial charge in [0.15, 0.2) is 0 Å². The van der Waals surface area contributed by atoms with Gasteiger partial charge in [-0.3, -0.25) is 9.59 Å². The molecular weight excluding hydrogens is 359 g/mol. The molecule has 1 heterocycles. The van der Waals surface area contributed by atoms with Crippen molar-refractivity contribution < 1.29 is 18.7 Å². The minimum atomic E-state index is -0.429. The molecule has 0 aliphatic carbocycles. The van der Waals surface area contributed by atoms with Gasteiger partial charge >= 0.3 is 0 Å². The zero-order chi connectivity index (χ0) is 20.1. The van der Waals surface area contributed by atoms with E-state index in [2.05, 4.69) is 10.6 Å². The van der Waals surface area contributed by atoms with Gasteiger partial charge < -0.3 is 15.4 Å². The average molecular weight is 384 g/mol. The molecule has 1 aliphatic heterocycles. The van der Waals surface area contributed by atoms with Crippen LogP contribution in [0.5, 0.6) is 0 Å². The number of nitrogens with one attached hydrogen (secondary N) is 2. The standard InChI is InChI=1S/C22H25FN2O3/c1-14(2)20(15-8-10-17(23)11-9-15)25-21(26)16-5-3-6-18(13-16)24-22(27)19-7-4-12-28-19/h3,5-6,8-11,13-14,19-20H,4,7,12H2,1-2H3,(H,24,27)(H,25,26)/t19-,20-/m1/s1. The zero-order valence-corrected chi connectivity index (χ0v) is 16.1. The maximum Gasteiger partial charge on any atom is 0.253 e. The Labute approximate surface area is 164 Å². The molecule has 2 N–H and O–H groups in total. The first-order valence-electron chi connectivity index (χ1n) is 9.53. The van der Waals surface area contributed by atoms with E-state index in [0.29, 0.717) is 24.3 Å². The Bertz CT molecular complexity index is 830. The van der Waals surface area contributed by atoms with E-state index in [0.717, 1.165) is 12.0 Å². The third kappa shape index (κ3) is 4.95. The SMILES string of the molecule is CC(C)[C@@H](NC(=O)c1cccc(NC(=O)[C@H]2CCCO2)c1)c1ccc(F)cc1. The van der Waals surface area contributed by atoms with Crippen LogP contribution >= 0.6 is 0 Å². The summed E-state index contributed by atoms with van der Waals surface area (Å²) >= 11 is 0. The fourth-order valence-corrected chi connectivity index (χ4v) is 3.27. The third-order valence-corrected chi connectivity index (χ3v) is 4.80. The number of anilines is 1. The summed E-state index contributed by atoms with van der Waals surface area (Å²) in [5, 5.41) is 5.81. The largest absolute Gasteiger partial charge is 0.368 e. The second kappa shape index (κ2) is 8.97. The van der Waals surface area contributed by atoms with Gasteiger partial charge in [-0.1, -0.05) is 32.0 Å². The lowest BCUT2D eigenvalue weighted by atomic mass is 9.95. The Kier molecular flexibility index (Phi) is 6.41. The van der Waals surface area contributed by atoms with Crippen molar-refractivity contribution in [2.24, 2.45) is 5.92 Å². The molecule has 0 aromatic heterocycles. The molecular formula is C22H25FN2O3. The maximum absolute atomic E-state index is 13.2. The first kappa shape index (κ1) is 20.0. The zero-order valence-electron chi connectivity index (χ0n) is 16.1. The monoisotopic (exact) mass is 384 g/mol. The fourth-order valence-electron chi connectivity index (χ4n) is 3.27. The van der Waals surface area contributed by atoms with E-state index < -0.39 is 6.10 Å². The van der Waals surface area contributed by atoms with Gasteiger partial charge in [-0.15, -0.1) is 0 Å². The summed E-state index contributed by atoms with van der Waals surface area (Å²) < 4.78 is 18.6. The Morgan fingerprint density at radius 2 is 1.89 bits per heavy atom. The first-order chi connectivity index (χ1) is 13.4. The molecule has 6 heteroatoms. The van der Waals surface area contributed by atoms with Gasteiger partial charge in [-0.2, -0.15) is 0 Å². The lowest BCUT2D eigenvalue weighted by Crippen LogP contribution is -2.32. The predicted molar refractivity (Wildman–Crippen MR) is 105 cm³/mol. The molecule has 2 amide bonds. The van der Waals surface area contributed by atoms with Crippen LogP contribution in [0, 0.1) is 11.7 Å². The summed E-state index contributed by atoms with van der Waals surface area (Å²) in [5.74, 6) is -0.637. The van der Waals surface area contributed by atoms with Gasteiger partial charge in [-0.05, 0) is 54.7 Å². The Balaban J connectivity index is 1.70. The van der Waals surface area contributed by atoms with Crippen molar-refractivity contribution in [3.8, 4) is 0 Å². The van der Waals surface area contributed by atoms with Crippen LogP contribution in [0.2, 0.25) is 0 Å². The minimum Gasteiger partial charge on any atom is -0.368 e. The Morgan fingerprint density at radius 3 is 2.54 bits per heavy atom. The van der Waals surface area contributed by atoms with Crippen molar-refractivity contribution in [3.05, 3.63) is 65.5 Å². The van der Waals surface area contributed by atoms with Gasteiger partial charge in [0.25, 0.3) is 11.8 Å². The number of rotatable bonds is 6. The van der Waals surface area contributed by atoms with E-state index in [4.69, 9.17) is 4.74 Å². The minimum absolute atomic E-state index is 0.122. The van der Waals surface area contributed by atoms with Crippen molar-refractivity contribution in [1.82, 2.24) is 5.32 Å². The van der Waals surface area contributed by atoms with E-state index in [1.165, 1.54) is 12.1 Å². The van der Waals surface area contributed by atoms with E-state index in [1.807, 2.05) is 13.8 Å². The van der Waals surface area contributed by atoms with Gasteiger partial charge in [0.05, 0.1) is 6.04 Å². The van der Waals surface area contributed by atoms with Crippen LogP contribution < -0.4 is 10.6 Å². The molecule has 1 saturated heterocycles. The van der Waals surface area contributed by atoms with Crippen molar-refractivity contribution in [2.45, 2.75) is 38.8 Å². The molecule has 0 unspecified atom stereocenters. The molecule has 2 atom stereocenters. The van der Waals surface area contributed by atoms with Crippen molar-refractivity contribution in [2.75, 3.05) is 11.9 Å². The lowest BCUT2D eigenvalue weighted by Gasteiger charge is -2.23. The van der Waals surface area contributed by atoms with Crippen LogP contribution in [-0.4, -0.2) is 24.5 Å². The summed E-state index contributed by atoms with van der Waals surface area (Å²) in [6.45, 7) is 4.58. The number of benzene rings is 2. The molecule has 1 aliphatic rings. The molecule has 2 aromatic carbocycles. The number of carbonyl (C=O) groups excluding carboxylic acids is 2. The molecule has 0 saturated carbocycles. The van der Waals surface area contributed by atoms with E-state index in [-0.39, 0.29) is 29.6 Å². The van der Waals surface area contributed by atoms with E-state index in [9.17, 15) is 14.0 Å². The van der Waals surface area contributed by atoms with Gasteiger partial charge in [0.2, 0.25) is 0 Å². The maximum atomic E-state index is 13.2. The molecule has 5 nitrogen and oxygen atoms in total. The van der Waals surface area contributed by atoms with Crippen molar-refractivity contribution >= 4 is 17.5 Å². The summed E-state index contributed by atoms with van der Waals surface area (Å²) in [5.41, 5.74) is 1.83. The average Bonchev–Trinajstić information content (AvgIpc) is 3.22. The molecule has 0 spiro atoms. The summed E-state index contributed by atoms with van der Waals surface area (Å²) in [4.78, 5) is 25.0. The van der Waals surface area contributed by atoms with Crippen LogP contribution in [0.25, 0.3) is 0 Å². The van der Waals surface area contributed by atoms with Crippen LogP contribution in [0.15, 0.2) is 48.5 Å². The molecule has 2 aromatic rings. The normalized spacial score (nSPS) is 17.4. The number of carbonyl (C=O) groups is 2. The van der Waals surface area contributed by atoms with E-state index >= 15 is 0 Å². The summed E-state index contributed by atoms with van der Waals surface area (Å²) in [6, 6.07) is 12.7. The van der Waals surface area contributed by atoms with Crippen LogP contribution in [0.4, 0.5) is 10.1 Å². The topological polar surface area (TPSA) is 67.4 Å². The Morgan fingerprint density at radius 1 is 1.14 bits per heavy atom. The number of amides is 2. The summed E-state index contributed by atoms with van der Waals surface area (Å²) in [6.07, 6.45) is 1.15. The fraction of sp³-hybridized carbons (Fsp3) is 0.364. The van der Waals surface area contributed by atoms with Crippen molar-refractivity contribution in [3.63, 3.8) is 0 Å². The molecule has 148 valence electrons. The smallest absolute Gasteiger partial charge is 0.253 e. The highest BCUT2D eigenvalue weighted by molar-refractivity contribution is 5.98. The van der Waals surface area contributed by atoms with Crippen LogP contribution in [0.1, 0.15) is 48.7 Å². The van der Waals surface area contributed by atoms with Crippen LogP contribution in [-0.2, 0) is 9.53 Å². The molecule has 28 heavy (non-hydrogen) atoms. The number of hydrogen-bond donors (Lipinski definition) is 2. The van der Waals surface area contributed by atoms with Gasteiger partial charge in [0.1, 0.15) is 11.9 Å². The quantitative estimate of drug-likeness (QED) is 0.789. The molecule has 0 radical (unpaired) electrons. The summed E-state index contributed by atoms with van der Waals surface area (Å²) in [7, 11) is 0. The highest BCUT2D eigenvalue weighted by Crippen LogP contribution is 2.23. The van der Waals surface area contributed by atoms with E-state index in [1.54, 1.807) is 36.4 Å². The molecule has 1 fully saturated rings.